The molecule has 1 aliphatic heterocycles. The van der Waals surface area contributed by atoms with Crippen LogP contribution in [0.2, 0.25) is 0 Å². The van der Waals surface area contributed by atoms with Crippen molar-refractivity contribution in [2.24, 2.45) is 0 Å². The molecular formula is C13H17N3O4. The number of carboxylic acids is 1. The van der Waals surface area contributed by atoms with Gasteiger partial charge in [-0.15, -0.1) is 0 Å². The highest BCUT2D eigenvalue weighted by molar-refractivity contribution is 5.95. The number of nitrogens with zero attached hydrogens (tertiary/aromatic N) is 3. The topological polar surface area (TPSA) is 86.9 Å². The molecule has 0 radical (unpaired) electrons. The quantitative estimate of drug-likeness (QED) is 0.662. The molecule has 1 unspecified atom stereocenters. The number of likely N-dealkylation sites (N-methyl/N-ethyl adjacent to an activating group) is 1. The van der Waals surface area contributed by atoms with Crippen LogP contribution in [0.15, 0.2) is 18.2 Å². The Hall–Kier alpha value is -2.15. The van der Waals surface area contributed by atoms with E-state index in [9.17, 15) is 20.0 Å². The van der Waals surface area contributed by atoms with E-state index in [1.165, 1.54) is 12.1 Å². The fraction of sp³-hybridized carbons (Fsp3) is 0.462. The number of nitro benzene ring substituents is 1. The molecule has 1 atom stereocenters. The molecule has 20 heavy (non-hydrogen) atoms. The molecule has 0 aromatic heterocycles. The van der Waals surface area contributed by atoms with Crippen LogP contribution >= 0.6 is 0 Å². The van der Waals surface area contributed by atoms with Crippen LogP contribution in [0.25, 0.3) is 0 Å². The number of anilines is 1. The molecule has 1 aliphatic rings. The number of nitro groups is 1. The van der Waals surface area contributed by atoms with E-state index in [1.54, 1.807) is 0 Å². The van der Waals surface area contributed by atoms with Crippen molar-refractivity contribution < 1.29 is 14.8 Å². The third kappa shape index (κ3) is 2.72. The first-order valence-corrected chi connectivity index (χ1v) is 6.33. The van der Waals surface area contributed by atoms with E-state index in [2.05, 4.69) is 4.90 Å². The number of non-ortho nitro benzene ring substituents is 1. The number of hydrogen-bond donors (Lipinski definition) is 1. The number of aromatic carboxylic acids is 1. The summed E-state index contributed by atoms with van der Waals surface area (Å²) in [5.74, 6) is -1.14. The third-order valence-corrected chi connectivity index (χ3v) is 3.66. The van der Waals surface area contributed by atoms with Crippen molar-refractivity contribution in [3.63, 3.8) is 0 Å². The molecule has 1 N–H and O–H groups in total. The molecule has 0 spiro atoms. The lowest BCUT2D eigenvalue weighted by molar-refractivity contribution is -0.384. The molecule has 0 saturated carbocycles. The predicted octanol–water partition coefficient (Wildman–Crippen LogP) is 1.43. The normalized spacial score (nSPS) is 18.6. The summed E-state index contributed by atoms with van der Waals surface area (Å²) in [6, 6.07) is 4.37. The molecule has 1 aromatic carbocycles. The van der Waals surface area contributed by atoms with Gasteiger partial charge in [-0.05, 0) is 26.6 Å². The maximum absolute atomic E-state index is 11.3. The molecule has 1 fully saturated rings. The fourth-order valence-electron chi connectivity index (χ4n) is 2.47. The zero-order chi connectivity index (χ0) is 14.9. The highest BCUT2D eigenvalue weighted by atomic mass is 16.6. The molecule has 0 bridgehead atoms. The molecular weight excluding hydrogens is 262 g/mol. The van der Waals surface area contributed by atoms with Crippen LogP contribution in [0.1, 0.15) is 16.8 Å². The minimum atomic E-state index is -1.14. The van der Waals surface area contributed by atoms with E-state index in [-0.39, 0.29) is 11.3 Å². The Morgan fingerprint density at radius 2 is 2.20 bits per heavy atom. The van der Waals surface area contributed by atoms with Crippen molar-refractivity contribution in [3.05, 3.63) is 33.9 Å². The molecule has 7 heteroatoms. The van der Waals surface area contributed by atoms with Gasteiger partial charge in [-0.2, -0.15) is 0 Å². The molecule has 108 valence electrons. The van der Waals surface area contributed by atoms with Crippen LogP contribution in [-0.4, -0.2) is 54.1 Å². The average molecular weight is 279 g/mol. The van der Waals surface area contributed by atoms with Gasteiger partial charge < -0.3 is 14.9 Å². The van der Waals surface area contributed by atoms with Crippen molar-refractivity contribution in [1.82, 2.24) is 4.90 Å². The van der Waals surface area contributed by atoms with E-state index >= 15 is 0 Å². The first kappa shape index (κ1) is 14.3. The van der Waals surface area contributed by atoms with Crippen molar-refractivity contribution in [2.75, 3.05) is 32.1 Å². The molecule has 1 heterocycles. The van der Waals surface area contributed by atoms with E-state index in [4.69, 9.17) is 0 Å². The Labute approximate surface area is 116 Å². The first-order valence-electron chi connectivity index (χ1n) is 6.33. The van der Waals surface area contributed by atoms with Crippen LogP contribution in [0.3, 0.4) is 0 Å². The molecule has 2 rings (SSSR count). The predicted molar refractivity (Wildman–Crippen MR) is 74.4 cm³/mol. The monoisotopic (exact) mass is 279 g/mol. The molecule has 1 saturated heterocycles. The van der Waals surface area contributed by atoms with Crippen LogP contribution in [0, 0.1) is 10.1 Å². The SMILES string of the molecule is CN(C)C1CCN(c2ccc([N+](=O)[O-])cc2C(=O)O)C1. The summed E-state index contributed by atoms with van der Waals surface area (Å²) in [7, 11) is 3.98. The van der Waals surface area contributed by atoms with Crippen LogP contribution in [0.5, 0.6) is 0 Å². The lowest BCUT2D eigenvalue weighted by Crippen LogP contribution is -2.32. The minimum absolute atomic E-state index is 0.0152. The van der Waals surface area contributed by atoms with Crippen molar-refractivity contribution in [2.45, 2.75) is 12.5 Å². The van der Waals surface area contributed by atoms with Gasteiger partial charge in [-0.3, -0.25) is 10.1 Å². The van der Waals surface area contributed by atoms with E-state index < -0.39 is 10.9 Å². The number of carbonyl (C=O) groups is 1. The van der Waals surface area contributed by atoms with Gasteiger partial charge in [-0.1, -0.05) is 0 Å². The van der Waals surface area contributed by atoms with Gasteiger partial charge in [0.15, 0.2) is 0 Å². The van der Waals surface area contributed by atoms with Gasteiger partial charge in [0.2, 0.25) is 0 Å². The number of hydrogen-bond acceptors (Lipinski definition) is 5. The average Bonchev–Trinajstić information content (AvgIpc) is 2.87. The second-order valence-electron chi connectivity index (χ2n) is 5.12. The Kier molecular flexibility index (Phi) is 3.89. The van der Waals surface area contributed by atoms with Gasteiger partial charge in [-0.25, -0.2) is 4.79 Å². The lowest BCUT2D eigenvalue weighted by atomic mass is 10.1. The van der Waals surface area contributed by atoms with Gasteiger partial charge in [0.25, 0.3) is 5.69 Å². The van der Waals surface area contributed by atoms with Crippen LogP contribution in [-0.2, 0) is 0 Å². The van der Waals surface area contributed by atoms with E-state index in [0.717, 1.165) is 25.6 Å². The summed E-state index contributed by atoms with van der Waals surface area (Å²) < 4.78 is 0. The van der Waals surface area contributed by atoms with Crippen LogP contribution in [0.4, 0.5) is 11.4 Å². The first-order chi connectivity index (χ1) is 9.40. The Morgan fingerprint density at radius 3 is 2.70 bits per heavy atom. The molecule has 7 nitrogen and oxygen atoms in total. The molecule has 0 amide bonds. The van der Waals surface area contributed by atoms with Crippen molar-refractivity contribution in [1.29, 1.82) is 0 Å². The molecule has 1 aromatic rings. The zero-order valence-corrected chi connectivity index (χ0v) is 11.4. The summed E-state index contributed by atoms with van der Waals surface area (Å²) in [6.45, 7) is 1.48. The van der Waals surface area contributed by atoms with E-state index in [1.807, 2.05) is 19.0 Å². The Bertz CT molecular complexity index is 544. The highest BCUT2D eigenvalue weighted by Crippen LogP contribution is 2.29. The second kappa shape index (κ2) is 5.46. The minimum Gasteiger partial charge on any atom is -0.478 e. The molecule has 0 aliphatic carbocycles. The summed E-state index contributed by atoms with van der Waals surface area (Å²) in [5, 5.41) is 20.0. The Balaban J connectivity index is 2.32. The Morgan fingerprint density at radius 1 is 1.50 bits per heavy atom. The fourth-order valence-corrected chi connectivity index (χ4v) is 2.47. The smallest absolute Gasteiger partial charge is 0.338 e. The maximum atomic E-state index is 11.3. The largest absolute Gasteiger partial charge is 0.478 e. The maximum Gasteiger partial charge on any atom is 0.338 e. The highest BCUT2D eigenvalue weighted by Gasteiger charge is 2.27. The summed E-state index contributed by atoms with van der Waals surface area (Å²) in [4.78, 5) is 25.5. The van der Waals surface area contributed by atoms with Gasteiger partial charge in [0.05, 0.1) is 16.2 Å². The van der Waals surface area contributed by atoms with Crippen LogP contribution < -0.4 is 4.90 Å². The number of benzene rings is 1. The van der Waals surface area contributed by atoms with Gasteiger partial charge >= 0.3 is 5.97 Å². The van der Waals surface area contributed by atoms with Crippen molar-refractivity contribution >= 4 is 17.3 Å². The lowest BCUT2D eigenvalue weighted by Gasteiger charge is -2.23. The summed E-state index contributed by atoms with van der Waals surface area (Å²) in [6.07, 6.45) is 0.947. The summed E-state index contributed by atoms with van der Waals surface area (Å²) >= 11 is 0. The van der Waals surface area contributed by atoms with Gasteiger partial charge in [0.1, 0.15) is 0 Å². The summed E-state index contributed by atoms with van der Waals surface area (Å²) in [5.41, 5.74) is 0.334. The standard InChI is InChI=1S/C13H17N3O4/c1-14(2)10-5-6-15(8-10)12-4-3-9(16(19)20)7-11(12)13(17)18/h3-4,7,10H,5-6,8H2,1-2H3,(H,17,18). The second-order valence-corrected chi connectivity index (χ2v) is 5.12. The number of rotatable bonds is 4. The number of carboxylic acid groups (broad SMARTS) is 1. The zero-order valence-electron chi connectivity index (χ0n) is 11.4. The van der Waals surface area contributed by atoms with Crippen molar-refractivity contribution in [3.8, 4) is 0 Å². The third-order valence-electron chi connectivity index (χ3n) is 3.66. The van der Waals surface area contributed by atoms with E-state index in [0.29, 0.717) is 11.7 Å². The van der Waals surface area contributed by atoms with Gasteiger partial charge in [0, 0.05) is 31.3 Å².